The second-order valence-corrected chi connectivity index (χ2v) is 7.88. The summed E-state index contributed by atoms with van der Waals surface area (Å²) in [5.74, 6) is -0.313. The number of ether oxygens (including phenoxy) is 1. The zero-order valence-corrected chi connectivity index (χ0v) is 17.1. The van der Waals surface area contributed by atoms with Gasteiger partial charge in [0.25, 0.3) is 5.91 Å². The number of carbonyl (C=O) groups is 1. The van der Waals surface area contributed by atoms with Gasteiger partial charge in [-0.2, -0.15) is 5.10 Å². The van der Waals surface area contributed by atoms with Gasteiger partial charge in [0.05, 0.1) is 19.4 Å². The summed E-state index contributed by atoms with van der Waals surface area (Å²) in [6.45, 7) is 2.95. The summed E-state index contributed by atoms with van der Waals surface area (Å²) in [5.41, 5.74) is 3.98. The summed E-state index contributed by atoms with van der Waals surface area (Å²) in [5, 5.41) is 11.3. The number of nitrogens with zero attached hydrogens (tertiary/aromatic N) is 3. The number of fused-ring (bicyclic) bond motifs is 2. The molecular formula is C23H20N4O2S. The molecule has 6 nitrogen and oxygen atoms in total. The largest absolute Gasteiger partial charge is 0.378 e. The molecule has 1 aromatic heterocycles. The first kappa shape index (κ1) is 18.7. The van der Waals surface area contributed by atoms with E-state index >= 15 is 0 Å². The van der Waals surface area contributed by atoms with Crippen LogP contribution in [0, 0.1) is 0 Å². The number of hydrazone groups is 1. The highest BCUT2D eigenvalue weighted by atomic mass is 32.1. The molecule has 1 N–H and O–H groups in total. The molecule has 150 valence electrons. The molecule has 7 heteroatoms. The SMILES string of the molecule is O=C(N/N=C/c1c2ccccc2cc2ccccc12)c1csc(N2CCOCC2)n1. The molecule has 0 radical (unpaired) electrons. The fraction of sp³-hybridized carbons (Fsp3) is 0.174. The third kappa shape index (κ3) is 3.65. The average Bonchev–Trinajstić information content (AvgIpc) is 3.30. The van der Waals surface area contributed by atoms with E-state index in [1.54, 1.807) is 11.6 Å². The summed E-state index contributed by atoms with van der Waals surface area (Å²) >= 11 is 1.46. The van der Waals surface area contributed by atoms with Crippen molar-refractivity contribution in [2.45, 2.75) is 0 Å². The molecular weight excluding hydrogens is 396 g/mol. The predicted molar refractivity (Wildman–Crippen MR) is 122 cm³/mol. The normalized spacial score (nSPS) is 14.6. The first-order valence-corrected chi connectivity index (χ1v) is 10.7. The maximum atomic E-state index is 12.5. The third-order valence-electron chi connectivity index (χ3n) is 5.18. The fourth-order valence-electron chi connectivity index (χ4n) is 3.67. The Bertz CT molecular complexity index is 1190. The van der Waals surface area contributed by atoms with E-state index in [2.05, 4.69) is 50.7 Å². The number of rotatable bonds is 4. The van der Waals surface area contributed by atoms with Crippen LogP contribution in [0.3, 0.4) is 0 Å². The summed E-state index contributed by atoms with van der Waals surface area (Å²) in [6.07, 6.45) is 1.72. The Morgan fingerprint density at radius 2 is 1.73 bits per heavy atom. The van der Waals surface area contributed by atoms with Crippen LogP contribution in [-0.4, -0.2) is 43.4 Å². The number of anilines is 1. The van der Waals surface area contributed by atoms with Gasteiger partial charge in [-0.25, -0.2) is 10.4 Å². The van der Waals surface area contributed by atoms with Gasteiger partial charge in [-0.3, -0.25) is 4.79 Å². The summed E-state index contributed by atoms with van der Waals surface area (Å²) < 4.78 is 5.37. The standard InChI is InChI=1S/C23H20N4O2S/c28-22(21-15-30-23(25-21)27-9-11-29-12-10-27)26-24-14-20-18-7-3-1-5-16(18)13-17-6-2-4-8-19(17)20/h1-8,13-15H,9-12H2,(H,26,28)/b24-14+. The molecule has 0 saturated carbocycles. The highest BCUT2D eigenvalue weighted by Gasteiger charge is 2.17. The molecule has 4 aromatic rings. The van der Waals surface area contributed by atoms with Crippen molar-refractivity contribution in [2.24, 2.45) is 5.10 Å². The zero-order chi connectivity index (χ0) is 20.3. The van der Waals surface area contributed by atoms with Gasteiger partial charge in [-0.15, -0.1) is 11.3 Å². The van der Waals surface area contributed by atoms with E-state index in [9.17, 15) is 4.79 Å². The van der Waals surface area contributed by atoms with Crippen molar-refractivity contribution in [2.75, 3.05) is 31.2 Å². The smallest absolute Gasteiger partial charge is 0.290 e. The molecule has 3 aromatic carbocycles. The van der Waals surface area contributed by atoms with Crippen molar-refractivity contribution in [1.82, 2.24) is 10.4 Å². The molecule has 1 saturated heterocycles. The van der Waals surface area contributed by atoms with Crippen molar-refractivity contribution in [1.29, 1.82) is 0 Å². The van der Waals surface area contributed by atoms with Crippen molar-refractivity contribution in [3.63, 3.8) is 0 Å². The van der Waals surface area contributed by atoms with E-state index in [1.807, 2.05) is 24.3 Å². The van der Waals surface area contributed by atoms with Crippen LogP contribution in [0.5, 0.6) is 0 Å². The number of hydrogen-bond donors (Lipinski definition) is 1. The average molecular weight is 417 g/mol. The van der Waals surface area contributed by atoms with Crippen LogP contribution in [0.15, 0.2) is 65.1 Å². The predicted octanol–water partition coefficient (Wildman–Crippen LogP) is 4.05. The number of thiazole rings is 1. The fourth-order valence-corrected chi connectivity index (χ4v) is 4.53. The van der Waals surface area contributed by atoms with Gasteiger partial charge in [0.1, 0.15) is 5.69 Å². The number of carbonyl (C=O) groups excluding carboxylic acids is 1. The summed E-state index contributed by atoms with van der Waals surface area (Å²) in [4.78, 5) is 19.1. The Kier molecular flexibility index (Phi) is 5.13. The molecule has 0 unspecified atom stereocenters. The van der Waals surface area contributed by atoms with Crippen molar-refractivity contribution in [3.05, 3.63) is 71.2 Å². The van der Waals surface area contributed by atoms with E-state index in [-0.39, 0.29) is 5.91 Å². The number of amides is 1. The van der Waals surface area contributed by atoms with Gasteiger partial charge in [0.2, 0.25) is 0 Å². The summed E-state index contributed by atoms with van der Waals surface area (Å²) in [6, 6.07) is 18.5. The van der Waals surface area contributed by atoms with Gasteiger partial charge < -0.3 is 9.64 Å². The topological polar surface area (TPSA) is 66.8 Å². The van der Waals surface area contributed by atoms with E-state index in [1.165, 1.54) is 11.3 Å². The van der Waals surface area contributed by atoms with Crippen LogP contribution < -0.4 is 10.3 Å². The molecule has 0 atom stereocenters. The lowest BCUT2D eigenvalue weighted by Gasteiger charge is -2.25. The van der Waals surface area contributed by atoms with Crippen molar-refractivity contribution in [3.8, 4) is 0 Å². The van der Waals surface area contributed by atoms with Gasteiger partial charge in [-0.05, 0) is 27.6 Å². The number of benzene rings is 3. The maximum absolute atomic E-state index is 12.5. The van der Waals surface area contributed by atoms with Crippen molar-refractivity contribution >= 4 is 50.1 Å². The molecule has 1 aliphatic rings. The number of nitrogens with one attached hydrogen (secondary N) is 1. The van der Waals surface area contributed by atoms with Crippen LogP contribution in [0.25, 0.3) is 21.5 Å². The van der Waals surface area contributed by atoms with Gasteiger partial charge in [0.15, 0.2) is 5.13 Å². The minimum atomic E-state index is -0.313. The van der Waals surface area contributed by atoms with Crippen molar-refractivity contribution < 1.29 is 9.53 Å². The quantitative estimate of drug-likeness (QED) is 0.310. The Balaban J connectivity index is 1.38. The first-order chi connectivity index (χ1) is 14.8. The molecule has 1 amide bonds. The lowest BCUT2D eigenvalue weighted by molar-refractivity contribution is 0.0951. The molecule has 30 heavy (non-hydrogen) atoms. The Hall–Kier alpha value is -3.29. The minimum Gasteiger partial charge on any atom is -0.378 e. The number of aromatic nitrogens is 1. The van der Waals surface area contributed by atoms with Crippen LogP contribution in [0.2, 0.25) is 0 Å². The highest BCUT2D eigenvalue weighted by molar-refractivity contribution is 7.13. The third-order valence-corrected chi connectivity index (χ3v) is 6.08. The zero-order valence-electron chi connectivity index (χ0n) is 16.2. The van der Waals surface area contributed by atoms with E-state index < -0.39 is 0 Å². The second-order valence-electron chi connectivity index (χ2n) is 7.05. The maximum Gasteiger partial charge on any atom is 0.290 e. The molecule has 0 aliphatic carbocycles. The van der Waals surface area contributed by atoms with Crippen LogP contribution in [-0.2, 0) is 4.74 Å². The Morgan fingerprint density at radius 3 is 2.43 bits per heavy atom. The lowest BCUT2D eigenvalue weighted by Crippen LogP contribution is -2.36. The van der Waals surface area contributed by atoms with Crippen LogP contribution in [0.4, 0.5) is 5.13 Å². The Labute approximate surface area is 177 Å². The van der Waals surface area contributed by atoms with Crippen LogP contribution in [0.1, 0.15) is 16.1 Å². The first-order valence-electron chi connectivity index (χ1n) is 9.82. The van der Waals surface area contributed by atoms with Gasteiger partial charge in [0, 0.05) is 24.0 Å². The second kappa shape index (κ2) is 8.22. The summed E-state index contributed by atoms with van der Waals surface area (Å²) in [7, 11) is 0. The Morgan fingerprint density at radius 1 is 1.07 bits per heavy atom. The molecule has 1 fully saturated rings. The van der Waals surface area contributed by atoms with Gasteiger partial charge in [-0.1, -0.05) is 48.5 Å². The molecule has 1 aliphatic heterocycles. The molecule has 0 bridgehead atoms. The monoisotopic (exact) mass is 416 g/mol. The minimum absolute atomic E-state index is 0.313. The number of morpholine rings is 1. The van der Waals surface area contributed by atoms with E-state index in [0.717, 1.165) is 45.3 Å². The molecule has 0 spiro atoms. The van der Waals surface area contributed by atoms with E-state index in [0.29, 0.717) is 18.9 Å². The molecule has 5 rings (SSSR count). The van der Waals surface area contributed by atoms with E-state index in [4.69, 9.17) is 4.74 Å². The van der Waals surface area contributed by atoms with Crippen LogP contribution >= 0.6 is 11.3 Å². The number of hydrogen-bond acceptors (Lipinski definition) is 6. The molecule has 2 heterocycles. The highest BCUT2D eigenvalue weighted by Crippen LogP contribution is 2.27. The van der Waals surface area contributed by atoms with Gasteiger partial charge >= 0.3 is 0 Å². The lowest BCUT2D eigenvalue weighted by atomic mass is 9.97.